The van der Waals surface area contributed by atoms with Gasteiger partial charge < -0.3 is 10.1 Å². The fraction of sp³-hybridized carbons (Fsp3) is 0. The van der Waals surface area contributed by atoms with Gasteiger partial charge in [-0.25, -0.2) is 4.39 Å². The zero-order valence-corrected chi connectivity index (χ0v) is 13.3. The molecule has 0 aromatic heterocycles. The highest BCUT2D eigenvalue weighted by atomic mass is 35.5. The van der Waals surface area contributed by atoms with E-state index < -0.39 is 11.7 Å². The largest absolute Gasteiger partial charge is 0.457 e. The summed E-state index contributed by atoms with van der Waals surface area (Å²) < 4.78 is 19.6. The van der Waals surface area contributed by atoms with Gasteiger partial charge in [0.25, 0.3) is 5.91 Å². The van der Waals surface area contributed by atoms with Crippen molar-refractivity contribution < 1.29 is 13.9 Å². The standard InChI is InChI=1S/C19H13ClFNO2/c20-13-10-11-17(16(21)12-13)22-19(23)15-8-4-5-9-18(15)24-14-6-2-1-3-7-14/h1-12H,(H,22,23). The van der Waals surface area contributed by atoms with E-state index >= 15 is 0 Å². The van der Waals surface area contributed by atoms with E-state index in [1.54, 1.807) is 36.4 Å². The lowest BCUT2D eigenvalue weighted by molar-refractivity contribution is 0.102. The first kappa shape index (κ1) is 16.0. The van der Waals surface area contributed by atoms with Crippen molar-refractivity contribution in [3.05, 3.63) is 89.2 Å². The molecule has 0 heterocycles. The Balaban J connectivity index is 1.85. The van der Waals surface area contributed by atoms with Crippen LogP contribution in [0.5, 0.6) is 11.5 Å². The van der Waals surface area contributed by atoms with Crippen LogP contribution < -0.4 is 10.1 Å². The Morgan fingerprint density at radius 3 is 2.42 bits per heavy atom. The lowest BCUT2D eigenvalue weighted by atomic mass is 10.1. The lowest BCUT2D eigenvalue weighted by Gasteiger charge is -2.12. The molecule has 120 valence electrons. The fourth-order valence-electron chi connectivity index (χ4n) is 2.14. The summed E-state index contributed by atoms with van der Waals surface area (Å²) in [5.74, 6) is -0.0777. The van der Waals surface area contributed by atoms with Crippen molar-refractivity contribution in [1.82, 2.24) is 0 Å². The Kier molecular flexibility index (Phi) is 4.77. The number of ether oxygens (including phenoxy) is 1. The molecular formula is C19H13ClFNO2. The van der Waals surface area contributed by atoms with Crippen LogP contribution in [0.25, 0.3) is 0 Å². The van der Waals surface area contributed by atoms with Gasteiger partial charge in [-0.15, -0.1) is 0 Å². The first-order chi connectivity index (χ1) is 11.6. The Hall–Kier alpha value is -2.85. The van der Waals surface area contributed by atoms with E-state index in [9.17, 15) is 9.18 Å². The summed E-state index contributed by atoms with van der Waals surface area (Å²) in [6.07, 6.45) is 0. The monoisotopic (exact) mass is 341 g/mol. The second-order valence-corrected chi connectivity index (χ2v) is 5.43. The van der Waals surface area contributed by atoms with Crippen molar-refractivity contribution in [2.45, 2.75) is 0 Å². The van der Waals surface area contributed by atoms with Crippen LogP contribution in [0.4, 0.5) is 10.1 Å². The molecule has 0 atom stereocenters. The zero-order valence-electron chi connectivity index (χ0n) is 12.5. The second kappa shape index (κ2) is 7.15. The van der Waals surface area contributed by atoms with E-state index in [4.69, 9.17) is 16.3 Å². The molecule has 0 fully saturated rings. The average Bonchev–Trinajstić information content (AvgIpc) is 2.59. The molecule has 3 aromatic rings. The Morgan fingerprint density at radius 2 is 1.67 bits per heavy atom. The maximum Gasteiger partial charge on any atom is 0.259 e. The number of halogens is 2. The van der Waals surface area contributed by atoms with Crippen LogP contribution in [0, 0.1) is 5.82 Å². The number of hydrogen-bond acceptors (Lipinski definition) is 2. The molecule has 0 radical (unpaired) electrons. The van der Waals surface area contributed by atoms with Crippen LogP contribution in [0.3, 0.4) is 0 Å². The normalized spacial score (nSPS) is 10.2. The molecule has 3 rings (SSSR count). The summed E-state index contributed by atoms with van der Waals surface area (Å²) in [4.78, 5) is 12.5. The number of hydrogen-bond donors (Lipinski definition) is 1. The number of carbonyl (C=O) groups excluding carboxylic acids is 1. The van der Waals surface area contributed by atoms with Crippen molar-refractivity contribution in [2.75, 3.05) is 5.32 Å². The number of rotatable bonds is 4. The summed E-state index contributed by atoms with van der Waals surface area (Å²) in [6.45, 7) is 0. The number of benzene rings is 3. The molecule has 1 amide bonds. The quantitative estimate of drug-likeness (QED) is 0.678. The summed E-state index contributed by atoms with van der Waals surface area (Å²) in [6, 6.07) is 19.9. The highest BCUT2D eigenvalue weighted by Gasteiger charge is 2.15. The van der Waals surface area contributed by atoms with Gasteiger partial charge in [0.15, 0.2) is 0 Å². The lowest BCUT2D eigenvalue weighted by Crippen LogP contribution is -2.14. The van der Waals surface area contributed by atoms with E-state index in [0.29, 0.717) is 17.1 Å². The van der Waals surface area contributed by atoms with Gasteiger partial charge in [0.2, 0.25) is 0 Å². The number of anilines is 1. The zero-order chi connectivity index (χ0) is 16.9. The third-order valence-corrected chi connectivity index (χ3v) is 3.52. The van der Waals surface area contributed by atoms with Crippen LogP contribution >= 0.6 is 11.6 Å². The van der Waals surface area contributed by atoms with Crippen molar-refractivity contribution in [2.24, 2.45) is 0 Å². The summed E-state index contributed by atoms with van der Waals surface area (Å²) in [5, 5.41) is 2.79. The minimum atomic E-state index is -0.600. The van der Waals surface area contributed by atoms with Crippen LogP contribution in [0.15, 0.2) is 72.8 Å². The highest BCUT2D eigenvalue weighted by Crippen LogP contribution is 2.26. The Labute approximate surface area is 143 Å². The predicted octanol–water partition coefficient (Wildman–Crippen LogP) is 5.52. The third kappa shape index (κ3) is 3.73. The molecule has 0 aliphatic heterocycles. The van der Waals surface area contributed by atoms with Gasteiger partial charge in [-0.2, -0.15) is 0 Å². The van der Waals surface area contributed by atoms with E-state index in [0.717, 1.165) is 6.07 Å². The molecule has 0 spiro atoms. The molecule has 0 unspecified atom stereocenters. The Bertz CT molecular complexity index is 868. The van der Waals surface area contributed by atoms with Gasteiger partial charge in [-0.1, -0.05) is 41.9 Å². The van der Waals surface area contributed by atoms with Gasteiger partial charge in [0.1, 0.15) is 17.3 Å². The smallest absolute Gasteiger partial charge is 0.259 e. The van der Waals surface area contributed by atoms with Crippen molar-refractivity contribution >= 4 is 23.2 Å². The molecule has 5 heteroatoms. The van der Waals surface area contributed by atoms with Crippen molar-refractivity contribution in [1.29, 1.82) is 0 Å². The minimum Gasteiger partial charge on any atom is -0.457 e. The average molecular weight is 342 g/mol. The number of amides is 1. The van der Waals surface area contributed by atoms with Crippen molar-refractivity contribution in [3.8, 4) is 11.5 Å². The molecule has 0 aliphatic rings. The van der Waals surface area contributed by atoms with Gasteiger partial charge >= 0.3 is 0 Å². The van der Waals surface area contributed by atoms with E-state index in [1.165, 1.54) is 12.1 Å². The Morgan fingerprint density at radius 1 is 0.958 bits per heavy atom. The molecule has 0 aliphatic carbocycles. The molecule has 24 heavy (non-hydrogen) atoms. The maximum atomic E-state index is 13.8. The van der Waals surface area contributed by atoms with Crippen LogP contribution in [-0.2, 0) is 0 Å². The summed E-state index contributed by atoms with van der Waals surface area (Å²) in [5.41, 5.74) is 0.356. The van der Waals surface area contributed by atoms with Gasteiger partial charge in [0, 0.05) is 5.02 Å². The first-order valence-corrected chi connectivity index (χ1v) is 7.59. The van der Waals surface area contributed by atoms with Crippen LogP contribution in [0.2, 0.25) is 5.02 Å². The number of nitrogens with one attached hydrogen (secondary N) is 1. The molecule has 0 saturated heterocycles. The summed E-state index contributed by atoms with van der Waals surface area (Å²) in [7, 11) is 0. The molecule has 3 aromatic carbocycles. The molecule has 3 nitrogen and oxygen atoms in total. The number of para-hydroxylation sites is 2. The topological polar surface area (TPSA) is 38.3 Å². The van der Waals surface area contributed by atoms with Crippen LogP contribution in [-0.4, -0.2) is 5.91 Å². The highest BCUT2D eigenvalue weighted by molar-refractivity contribution is 6.30. The van der Waals surface area contributed by atoms with E-state index in [-0.39, 0.29) is 10.7 Å². The van der Waals surface area contributed by atoms with Crippen LogP contribution in [0.1, 0.15) is 10.4 Å². The fourth-order valence-corrected chi connectivity index (χ4v) is 2.30. The summed E-state index contributed by atoms with van der Waals surface area (Å²) >= 11 is 5.71. The molecular weight excluding hydrogens is 329 g/mol. The van der Waals surface area contributed by atoms with Gasteiger partial charge in [-0.3, -0.25) is 4.79 Å². The SMILES string of the molecule is O=C(Nc1ccc(Cl)cc1F)c1ccccc1Oc1ccccc1. The van der Waals surface area contributed by atoms with E-state index in [1.807, 2.05) is 18.2 Å². The van der Waals surface area contributed by atoms with Gasteiger partial charge in [0.05, 0.1) is 11.3 Å². The second-order valence-electron chi connectivity index (χ2n) is 4.99. The first-order valence-electron chi connectivity index (χ1n) is 7.22. The van der Waals surface area contributed by atoms with Gasteiger partial charge in [-0.05, 0) is 42.5 Å². The number of carbonyl (C=O) groups is 1. The molecule has 0 bridgehead atoms. The maximum absolute atomic E-state index is 13.8. The van der Waals surface area contributed by atoms with Crippen molar-refractivity contribution in [3.63, 3.8) is 0 Å². The predicted molar refractivity (Wildman–Crippen MR) is 92.3 cm³/mol. The van der Waals surface area contributed by atoms with E-state index in [2.05, 4.69) is 5.32 Å². The minimum absolute atomic E-state index is 0.0546. The molecule has 1 N–H and O–H groups in total. The third-order valence-electron chi connectivity index (χ3n) is 3.28. The molecule has 0 saturated carbocycles.